The highest BCUT2D eigenvalue weighted by Gasteiger charge is 2.19. The second-order valence-corrected chi connectivity index (χ2v) is 6.73. The molecule has 1 aromatic carbocycles. The zero-order chi connectivity index (χ0) is 12.7. The number of fused-ring (bicyclic) bond motifs is 1. The average Bonchev–Trinajstić information content (AvgIpc) is 2.92. The molecule has 18 heavy (non-hydrogen) atoms. The van der Waals surface area contributed by atoms with Crippen LogP contribution in [0.1, 0.15) is 12.8 Å². The molecule has 1 unspecified atom stereocenters. The largest absolute Gasteiger partial charge is 0.369 e. The van der Waals surface area contributed by atoms with E-state index in [1.54, 1.807) is 6.07 Å². The summed E-state index contributed by atoms with van der Waals surface area (Å²) in [5.41, 5.74) is 7.45. The van der Waals surface area contributed by atoms with Crippen LogP contribution in [0.3, 0.4) is 0 Å². The number of imidazole rings is 1. The molecule has 1 aliphatic rings. The maximum absolute atomic E-state index is 13.6. The average molecular weight is 330 g/mol. The van der Waals surface area contributed by atoms with Crippen LogP contribution in [0.5, 0.6) is 0 Å². The molecular formula is C12H13BrFN3S. The fraction of sp³-hybridized carbons (Fsp3) is 0.417. The molecule has 1 aliphatic heterocycles. The monoisotopic (exact) mass is 329 g/mol. The van der Waals surface area contributed by atoms with Gasteiger partial charge in [-0.05, 0) is 40.6 Å². The third-order valence-electron chi connectivity index (χ3n) is 3.23. The maximum Gasteiger partial charge on any atom is 0.201 e. The van der Waals surface area contributed by atoms with Gasteiger partial charge in [0.05, 0.1) is 15.5 Å². The van der Waals surface area contributed by atoms with E-state index >= 15 is 0 Å². The maximum atomic E-state index is 13.6. The van der Waals surface area contributed by atoms with Crippen molar-refractivity contribution in [1.82, 2.24) is 9.55 Å². The summed E-state index contributed by atoms with van der Waals surface area (Å²) in [6.07, 6.45) is 2.45. The van der Waals surface area contributed by atoms with Crippen molar-refractivity contribution in [2.24, 2.45) is 0 Å². The molecular weight excluding hydrogens is 317 g/mol. The molecule has 1 aromatic heterocycles. The smallest absolute Gasteiger partial charge is 0.201 e. The van der Waals surface area contributed by atoms with E-state index < -0.39 is 0 Å². The predicted molar refractivity (Wildman–Crippen MR) is 77.3 cm³/mol. The van der Waals surface area contributed by atoms with Gasteiger partial charge in [0.15, 0.2) is 0 Å². The van der Waals surface area contributed by atoms with Crippen LogP contribution < -0.4 is 5.73 Å². The first-order chi connectivity index (χ1) is 8.65. The molecule has 3 nitrogen and oxygen atoms in total. The first-order valence-corrected chi connectivity index (χ1v) is 7.71. The fourth-order valence-electron chi connectivity index (χ4n) is 2.32. The molecule has 1 atom stereocenters. The van der Waals surface area contributed by atoms with Crippen molar-refractivity contribution in [3.8, 4) is 0 Å². The highest BCUT2D eigenvalue weighted by molar-refractivity contribution is 9.10. The topological polar surface area (TPSA) is 43.8 Å². The van der Waals surface area contributed by atoms with Crippen LogP contribution in [-0.2, 0) is 6.54 Å². The Labute approximate surface area is 117 Å². The van der Waals surface area contributed by atoms with Crippen LogP contribution in [0, 0.1) is 5.82 Å². The van der Waals surface area contributed by atoms with E-state index in [1.807, 2.05) is 16.3 Å². The number of rotatable bonds is 2. The summed E-state index contributed by atoms with van der Waals surface area (Å²) in [4.78, 5) is 4.29. The summed E-state index contributed by atoms with van der Waals surface area (Å²) < 4.78 is 16.0. The van der Waals surface area contributed by atoms with E-state index in [-0.39, 0.29) is 5.82 Å². The number of aromatic nitrogens is 2. The molecule has 1 saturated heterocycles. The van der Waals surface area contributed by atoms with E-state index in [1.165, 1.54) is 24.7 Å². The van der Waals surface area contributed by atoms with Gasteiger partial charge in [-0.2, -0.15) is 11.8 Å². The number of anilines is 1. The molecule has 6 heteroatoms. The summed E-state index contributed by atoms with van der Waals surface area (Å²) in [5, 5.41) is 0.566. The summed E-state index contributed by atoms with van der Waals surface area (Å²) in [6, 6.07) is 3.18. The van der Waals surface area contributed by atoms with Gasteiger partial charge in [0.2, 0.25) is 5.95 Å². The lowest BCUT2D eigenvalue weighted by molar-refractivity contribution is 0.619. The van der Waals surface area contributed by atoms with E-state index in [2.05, 4.69) is 20.9 Å². The second kappa shape index (κ2) is 4.74. The molecule has 0 amide bonds. The molecule has 2 heterocycles. The number of nitrogens with two attached hydrogens (primary N) is 1. The van der Waals surface area contributed by atoms with Gasteiger partial charge in [-0.15, -0.1) is 0 Å². The third-order valence-corrected chi connectivity index (χ3v) is 5.22. The summed E-state index contributed by atoms with van der Waals surface area (Å²) in [6.45, 7) is 0.814. The standard InChI is InChI=1S/C12H13BrFN3S/c13-8-4-10-11(5-9(8)14)17(12(15)16-10)6-7-2-1-3-18-7/h4-5,7H,1-3,6H2,(H2,15,16). The van der Waals surface area contributed by atoms with Gasteiger partial charge >= 0.3 is 0 Å². The van der Waals surface area contributed by atoms with Crippen LogP contribution >= 0.6 is 27.7 Å². The quantitative estimate of drug-likeness (QED) is 0.918. The van der Waals surface area contributed by atoms with Crippen LogP contribution in [0.2, 0.25) is 0 Å². The predicted octanol–water partition coefficient (Wildman–Crippen LogP) is 3.42. The van der Waals surface area contributed by atoms with Gasteiger partial charge in [-0.1, -0.05) is 0 Å². The minimum absolute atomic E-state index is 0.275. The van der Waals surface area contributed by atoms with E-state index in [4.69, 9.17) is 5.73 Å². The first kappa shape index (κ1) is 12.3. The Morgan fingerprint density at radius 3 is 3.11 bits per heavy atom. The Hall–Kier alpha value is -0.750. The molecule has 2 aromatic rings. The van der Waals surface area contributed by atoms with Crippen molar-refractivity contribution in [3.05, 3.63) is 22.4 Å². The minimum Gasteiger partial charge on any atom is -0.369 e. The van der Waals surface area contributed by atoms with Crippen molar-refractivity contribution < 1.29 is 4.39 Å². The SMILES string of the molecule is Nc1nc2cc(Br)c(F)cc2n1CC1CCCS1. The number of hydrogen-bond donors (Lipinski definition) is 1. The van der Waals surface area contributed by atoms with E-state index in [0.29, 0.717) is 15.7 Å². The van der Waals surface area contributed by atoms with Gasteiger partial charge in [-0.3, -0.25) is 0 Å². The van der Waals surface area contributed by atoms with Crippen molar-refractivity contribution in [1.29, 1.82) is 0 Å². The van der Waals surface area contributed by atoms with Crippen LogP contribution in [-0.4, -0.2) is 20.6 Å². The Morgan fingerprint density at radius 1 is 1.56 bits per heavy atom. The molecule has 96 valence electrons. The second-order valence-electron chi connectivity index (χ2n) is 4.47. The zero-order valence-electron chi connectivity index (χ0n) is 9.70. The lowest BCUT2D eigenvalue weighted by Crippen LogP contribution is -2.12. The van der Waals surface area contributed by atoms with Crippen LogP contribution in [0.15, 0.2) is 16.6 Å². The number of hydrogen-bond acceptors (Lipinski definition) is 3. The van der Waals surface area contributed by atoms with Crippen molar-refractivity contribution in [3.63, 3.8) is 0 Å². The number of thioether (sulfide) groups is 1. The van der Waals surface area contributed by atoms with Gasteiger partial charge in [0.1, 0.15) is 5.82 Å². The van der Waals surface area contributed by atoms with Crippen LogP contribution in [0.4, 0.5) is 10.3 Å². The van der Waals surface area contributed by atoms with Gasteiger partial charge in [-0.25, -0.2) is 9.37 Å². The Morgan fingerprint density at radius 2 is 2.39 bits per heavy atom. The number of halogens is 2. The molecule has 0 aliphatic carbocycles. The molecule has 0 bridgehead atoms. The Balaban J connectivity index is 2.04. The normalized spacial score (nSPS) is 19.8. The van der Waals surface area contributed by atoms with Crippen molar-refractivity contribution >= 4 is 44.7 Å². The van der Waals surface area contributed by atoms with Gasteiger partial charge < -0.3 is 10.3 Å². The Bertz CT molecular complexity index is 593. The van der Waals surface area contributed by atoms with Gasteiger partial charge in [0.25, 0.3) is 0 Å². The Kier molecular flexibility index (Phi) is 3.23. The molecule has 2 N–H and O–H groups in total. The van der Waals surface area contributed by atoms with Crippen molar-refractivity contribution in [2.75, 3.05) is 11.5 Å². The molecule has 0 saturated carbocycles. The van der Waals surface area contributed by atoms with Crippen LogP contribution in [0.25, 0.3) is 11.0 Å². The molecule has 1 fully saturated rings. The van der Waals surface area contributed by atoms with E-state index in [0.717, 1.165) is 17.6 Å². The number of nitrogens with zero attached hydrogens (tertiary/aromatic N) is 2. The zero-order valence-corrected chi connectivity index (χ0v) is 12.1. The summed E-state index contributed by atoms with van der Waals surface area (Å²) >= 11 is 5.13. The fourth-order valence-corrected chi connectivity index (χ4v) is 3.91. The first-order valence-electron chi connectivity index (χ1n) is 5.87. The lowest BCUT2D eigenvalue weighted by Gasteiger charge is -2.11. The lowest BCUT2D eigenvalue weighted by atomic mass is 10.2. The van der Waals surface area contributed by atoms with Crippen molar-refractivity contribution in [2.45, 2.75) is 24.6 Å². The molecule has 3 rings (SSSR count). The highest BCUT2D eigenvalue weighted by atomic mass is 79.9. The highest BCUT2D eigenvalue weighted by Crippen LogP contribution is 2.31. The molecule has 0 spiro atoms. The minimum atomic E-state index is -0.275. The third kappa shape index (κ3) is 2.12. The molecule has 0 radical (unpaired) electrons. The summed E-state index contributed by atoms with van der Waals surface area (Å²) in [5.74, 6) is 1.40. The van der Waals surface area contributed by atoms with E-state index in [9.17, 15) is 4.39 Å². The summed E-state index contributed by atoms with van der Waals surface area (Å²) in [7, 11) is 0. The number of nitrogen functional groups attached to an aromatic ring is 1. The number of benzene rings is 1. The van der Waals surface area contributed by atoms with Gasteiger partial charge in [0, 0.05) is 17.9 Å².